The van der Waals surface area contributed by atoms with E-state index in [2.05, 4.69) is 35.8 Å². The highest BCUT2D eigenvalue weighted by molar-refractivity contribution is 9.10. The maximum atomic E-state index is 12.9. The molecular formula is C20H19BrClN5O. The van der Waals surface area contributed by atoms with Crippen LogP contribution in [0.1, 0.15) is 17.3 Å². The number of hydrogen-bond donors (Lipinski definition) is 1. The number of halogens is 2. The predicted molar refractivity (Wildman–Crippen MR) is 112 cm³/mol. The summed E-state index contributed by atoms with van der Waals surface area (Å²) in [5, 5.41) is 0.630. The summed E-state index contributed by atoms with van der Waals surface area (Å²) >= 11 is 9.46. The number of aromatic nitrogens is 3. The lowest BCUT2D eigenvalue weighted by Crippen LogP contribution is -2.51. The second-order valence-corrected chi connectivity index (χ2v) is 7.96. The van der Waals surface area contributed by atoms with Gasteiger partial charge in [-0.1, -0.05) is 23.7 Å². The zero-order valence-electron chi connectivity index (χ0n) is 15.1. The van der Waals surface area contributed by atoms with Crippen LogP contribution in [0.3, 0.4) is 0 Å². The van der Waals surface area contributed by atoms with Crippen molar-refractivity contribution < 1.29 is 4.79 Å². The molecule has 2 aromatic heterocycles. The van der Waals surface area contributed by atoms with E-state index in [1.54, 1.807) is 11.2 Å². The molecule has 1 aromatic carbocycles. The first kappa shape index (κ1) is 19.1. The second kappa shape index (κ2) is 8.43. The molecule has 0 radical (unpaired) electrons. The molecule has 1 aliphatic rings. The van der Waals surface area contributed by atoms with Gasteiger partial charge in [-0.25, -0.2) is 9.97 Å². The van der Waals surface area contributed by atoms with Crippen molar-refractivity contribution in [2.45, 2.75) is 12.5 Å². The van der Waals surface area contributed by atoms with E-state index >= 15 is 0 Å². The normalized spacial score (nSPS) is 16.4. The van der Waals surface area contributed by atoms with E-state index in [1.165, 1.54) is 0 Å². The van der Waals surface area contributed by atoms with Crippen molar-refractivity contribution in [3.05, 3.63) is 76.0 Å². The number of piperazine rings is 1. The van der Waals surface area contributed by atoms with Gasteiger partial charge in [-0.2, -0.15) is 0 Å². The van der Waals surface area contributed by atoms with Crippen LogP contribution in [0, 0.1) is 0 Å². The summed E-state index contributed by atoms with van der Waals surface area (Å²) in [5.41, 5.74) is 2.94. The summed E-state index contributed by atoms with van der Waals surface area (Å²) < 4.78 is 0.805. The number of anilines is 1. The standard InChI is InChI=1S/C20H19BrClN5O/c21-19-5-4-14(10-24-19)8-18(17-11-23-13-25-17)26-6-7-27(20(28)12-26)16-3-1-2-15(22)9-16/h1-5,9-11,13,18H,6-8,12H2,(H,23,25). The fraction of sp³-hybridized carbons (Fsp3) is 0.250. The molecule has 4 rings (SSSR count). The van der Waals surface area contributed by atoms with E-state index < -0.39 is 0 Å². The number of pyridine rings is 1. The minimum atomic E-state index is 0.0240. The number of nitrogens with zero attached hydrogens (tertiary/aromatic N) is 4. The van der Waals surface area contributed by atoms with Crippen molar-refractivity contribution in [3.8, 4) is 0 Å². The number of benzene rings is 1. The van der Waals surface area contributed by atoms with Gasteiger partial charge in [0.2, 0.25) is 5.91 Å². The van der Waals surface area contributed by atoms with Crippen LogP contribution in [0.4, 0.5) is 5.69 Å². The largest absolute Gasteiger partial charge is 0.347 e. The summed E-state index contributed by atoms with van der Waals surface area (Å²) in [5.74, 6) is 0.0620. The summed E-state index contributed by atoms with van der Waals surface area (Å²) in [4.78, 5) is 28.6. The Morgan fingerprint density at radius 3 is 2.79 bits per heavy atom. The van der Waals surface area contributed by atoms with Gasteiger partial charge in [0.15, 0.2) is 0 Å². The van der Waals surface area contributed by atoms with Gasteiger partial charge < -0.3 is 9.88 Å². The van der Waals surface area contributed by atoms with Gasteiger partial charge in [0.25, 0.3) is 0 Å². The molecule has 1 amide bonds. The van der Waals surface area contributed by atoms with E-state index in [0.29, 0.717) is 18.1 Å². The lowest BCUT2D eigenvalue weighted by atomic mass is 10.0. The zero-order chi connectivity index (χ0) is 19.5. The zero-order valence-corrected chi connectivity index (χ0v) is 17.4. The molecule has 1 atom stereocenters. The number of imidazole rings is 1. The molecule has 0 saturated carbocycles. The van der Waals surface area contributed by atoms with Crippen molar-refractivity contribution in [2.24, 2.45) is 0 Å². The number of nitrogens with one attached hydrogen (secondary N) is 1. The van der Waals surface area contributed by atoms with Crippen LogP contribution in [-0.2, 0) is 11.2 Å². The molecule has 6 nitrogen and oxygen atoms in total. The fourth-order valence-electron chi connectivity index (χ4n) is 3.51. The molecule has 8 heteroatoms. The van der Waals surface area contributed by atoms with Crippen LogP contribution in [0.15, 0.2) is 59.7 Å². The Labute approximate surface area is 176 Å². The van der Waals surface area contributed by atoms with Crippen molar-refractivity contribution >= 4 is 39.1 Å². The first-order chi connectivity index (χ1) is 13.6. The quantitative estimate of drug-likeness (QED) is 0.587. The minimum Gasteiger partial charge on any atom is -0.347 e. The highest BCUT2D eigenvalue weighted by Gasteiger charge is 2.31. The van der Waals surface area contributed by atoms with Gasteiger partial charge in [-0.05, 0) is 52.2 Å². The Morgan fingerprint density at radius 2 is 2.11 bits per heavy atom. The van der Waals surface area contributed by atoms with Crippen LogP contribution in [0.2, 0.25) is 5.02 Å². The molecule has 0 spiro atoms. The number of carbonyl (C=O) groups is 1. The van der Waals surface area contributed by atoms with Gasteiger partial charge in [0, 0.05) is 36.2 Å². The molecule has 1 saturated heterocycles. The Bertz CT molecular complexity index is 947. The van der Waals surface area contributed by atoms with Gasteiger partial charge in [0.1, 0.15) is 4.60 Å². The van der Waals surface area contributed by atoms with E-state index in [9.17, 15) is 4.79 Å². The van der Waals surface area contributed by atoms with Crippen molar-refractivity contribution in [1.82, 2.24) is 19.9 Å². The number of rotatable bonds is 5. The fourth-order valence-corrected chi connectivity index (χ4v) is 3.93. The highest BCUT2D eigenvalue weighted by Crippen LogP contribution is 2.28. The third-order valence-corrected chi connectivity index (χ3v) is 5.61. The molecule has 3 aromatic rings. The lowest BCUT2D eigenvalue weighted by Gasteiger charge is -2.38. The second-order valence-electron chi connectivity index (χ2n) is 6.71. The van der Waals surface area contributed by atoms with Crippen molar-refractivity contribution in [3.63, 3.8) is 0 Å². The summed E-state index contributed by atoms with van der Waals surface area (Å²) in [6.45, 7) is 1.70. The molecule has 0 aliphatic carbocycles. The SMILES string of the molecule is O=C1CN(C(Cc2ccc(Br)nc2)c2cnc[nH]2)CCN1c1cccc(Cl)c1. The third-order valence-electron chi connectivity index (χ3n) is 4.91. The Morgan fingerprint density at radius 1 is 1.21 bits per heavy atom. The van der Waals surface area contributed by atoms with Crippen molar-refractivity contribution in [2.75, 3.05) is 24.5 Å². The molecule has 1 aliphatic heterocycles. The molecule has 3 heterocycles. The Balaban J connectivity index is 1.53. The smallest absolute Gasteiger partial charge is 0.241 e. The maximum Gasteiger partial charge on any atom is 0.241 e. The highest BCUT2D eigenvalue weighted by atomic mass is 79.9. The monoisotopic (exact) mass is 459 g/mol. The third kappa shape index (κ3) is 4.27. The Hall–Kier alpha value is -2.22. The average molecular weight is 461 g/mol. The van der Waals surface area contributed by atoms with Crippen LogP contribution < -0.4 is 4.90 Å². The minimum absolute atomic E-state index is 0.0240. The molecule has 1 N–H and O–H groups in total. The number of H-pyrrole nitrogens is 1. The van der Waals surface area contributed by atoms with E-state index in [4.69, 9.17) is 11.6 Å². The van der Waals surface area contributed by atoms with Crippen LogP contribution >= 0.6 is 27.5 Å². The van der Waals surface area contributed by atoms with Crippen molar-refractivity contribution in [1.29, 1.82) is 0 Å². The molecule has 0 bridgehead atoms. The van der Waals surface area contributed by atoms with Gasteiger partial charge in [0.05, 0.1) is 24.6 Å². The first-order valence-corrected chi connectivity index (χ1v) is 10.2. The van der Waals surface area contributed by atoms with Gasteiger partial charge in [-0.15, -0.1) is 0 Å². The van der Waals surface area contributed by atoms with E-state index in [-0.39, 0.29) is 11.9 Å². The summed E-state index contributed by atoms with van der Waals surface area (Å²) in [6, 6.07) is 11.4. The van der Waals surface area contributed by atoms with Crippen LogP contribution in [0.25, 0.3) is 0 Å². The number of hydrogen-bond acceptors (Lipinski definition) is 4. The van der Waals surface area contributed by atoms with Crippen LogP contribution in [-0.4, -0.2) is 45.4 Å². The number of aromatic amines is 1. The summed E-state index contributed by atoms with van der Waals surface area (Å²) in [7, 11) is 0. The lowest BCUT2D eigenvalue weighted by molar-refractivity contribution is -0.122. The summed E-state index contributed by atoms with van der Waals surface area (Å²) in [6.07, 6.45) is 6.10. The van der Waals surface area contributed by atoms with Crippen LogP contribution in [0.5, 0.6) is 0 Å². The first-order valence-electron chi connectivity index (χ1n) is 8.99. The average Bonchev–Trinajstić information content (AvgIpc) is 3.22. The van der Waals surface area contributed by atoms with Gasteiger partial charge in [-0.3, -0.25) is 9.69 Å². The number of carbonyl (C=O) groups excluding carboxylic acids is 1. The molecule has 144 valence electrons. The predicted octanol–water partition coefficient (Wildman–Crippen LogP) is 3.85. The molecule has 1 fully saturated rings. The molecular weight excluding hydrogens is 442 g/mol. The maximum absolute atomic E-state index is 12.9. The molecule has 1 unspecified atom stereocenters. The number of amides is 1. The molecule has 28 heavy (non-hydrogen) atoms. The van der Waals surface area contributed by atoms with E-state index in [1.807, 2.05) is 48.8 Å². The van der Waals surface area contributed by atoms with Gasteiger partial charge >= 0.3 is 0 Å². The van der Waals surface area contributed by atoms with E-state index in [0.717, 1.165) is 34.5 Å². The Kier molecular flexibility index (Phi) is 5.75. The topological polar surface area (TPSA) is 65.1 Å².